The van der Waals surface area contributed by atoms with Crippen LogP contribution in [-0.2, 0) is 6.42 Å². The molecule has 2 rings (SSSR count). The first-order chi connectivity index (χ1) is 8.61. The van der Waals surface area contributed by atoms with Crippen molar-refractivity contribution in [3.05, 3.63) is 54.1 Å². The van der Waals surface area contributed by atoms with Gasteiger partial charge in [-0.05, 0) is 52.1 Å². The number of halogens is 3. The Bertz CT molecular complexity index is 542. The monoisotopic (exact) mass is 407 g/mol. The number of rotatable bonds is 4. The smallest absolute Gasteiger partial charge is 0.0417 e. The summed E-state index contributed by atoms with van der Waals surface area (Å²) in [5, 5.41) is 6.21. The van der Waals surface area contributed by atoms with Crippen LogP contribution < -0.4 is 5.32 Å². The van der Waals surface area contributed by atoms with Crippen molar-refractivity contribution in [1.29, 1.82) is 0 Å². The van der Waals surface area contributed by atoms with Crippen molar-refractivity contribution in [3.8, 4) is 0 Å². The second-order valence-electron chi connectivity index (χ2n) is 3.90. The van der Waals surface area contributed by atoms with Crippen LogP contribution in [0.15, 0.2) is 38.6 Å². The van der Waals surface area contributed by atoms with Crippen molar-refractivity contribution in [2.24, 2.45) is 0 Å². The average Bonchev–Trinajstić information content (AvgIpc) is 2.73. The number of likely N-dealkylation sites (N-methyl/N-ethyl adjacent to an activating group) is 1. The summed E-state index contributed by atoms with van der Waals surface area (Å²) in [5.41, 5.74) is 1.22. The molecule has 0 spiro atoms. The van der Waals surface area contributed by atoms with Crippen LogP contribution in [-0.4, -0.2) is 7.05 Å². The van der Waals surface area contributed by atoms with Crippen molar-refractivity contribution in [3.63, 3.8) is 0 Å². The zero-order valence-electron chi connectivity index (χ0n) is 9.71. The van der Waals surface area contributed by atoms with E-state index in [1.807, 2.05) is 19.2 Å². The second-order valence-corrected chi connectivity index (χ2v) is 7.05. The fourth-order valence-corrected chi connectivity index (χ4v) is 4.33. The molecule has 0 saturated heterocycles. The predicted octanol–water partition coefficient (Wildman–Crippen LogP) is 5.43. The zero-order valence-corrected chi connectivity index (χ0v) is 14.5. The number of hydrogen-bond donors (Lipinski definition) is 1. The third kappa shape index (κ3) is 3.36. The Kier molecular flexibility index (Phi) is 5.27. The molecule has 0 radical (unpaired) electrons. The van der Waals surface area contributed by atoms with Gasteiger partial charge in [-0.3, -0.25) is 0 Å². The molecule has 5 heteroatoms. The lowest BCUT2D eigenvalue weighted by molar-refractivity contribution is 0.593. The molecule has 0 aliphatic carbocycles. The highest BCUT2D eigenvalue weighted by Crippen LogP contribution is 2.32. The van der Waals surface area contributed by atoms with E-state index in [2.05, 4.69) is 54.7 Å². The number of thiophene rings is 1. The second kappa shape index (κ2) is 6.53. The van der Waals surface area contributed by atoms with Gasteiger partial charge in [-0.25, -0.2) is 0 Å². The topological polar surface area (TPSA) is 12.0 Å². The summed E-state index contributed by atoms with van der Waals surface area (Å²) in [6.07, 6.45) is 0.953. The Morgan fingerprint density at radius 3 is 2.61 bits per heavy atom. The molecule has 0 aliphatic heterocycles. The zero-order chi connectivity index (χ0) is 13.1. The highest BCUT2D eigenvalue weighted by molar-refractivity contribution is 9.10. The van der Waals surface area contributed by atoms with Crippen LogP contribution in [0.4, 0.5) is 0 Å². The highest BCUT2D eigenvalue weighted by atomic mass is 79.9. The summed E-state index contributed by atoms with van der Waals surface area (Å²) in [6, 6.07) is 8.28. The van der Waals surface area contributed by atoms with Crippen LogP contribution in [0.5, 0.6) is 0 Å². The third-order valence-electron chi connectivity index (χ3n) is 2.77. The van der Waals surface area contributed by atoms with Gasteiger partial charge in [0, 0.05) is 31.3 Å². The minimum Gasteiger partial charge on any atom is -0.313 e. The Labute approximate surface area is 133 Å². The summed E-state index contributed by atoms with van der Waals surface area (Å²) < 4.78 is 2.22. The van der Waals surface area contributed by atoms with E-state index in [1.165, 1.54) is 14.9 Å². The first-order valence-electron chi connectivity index (χ1n) is 5.46. The maximum Gasteiger partial charge on any atom is 0.0417 e. The molecule has 2 aromatic rings. The molecule has 18 heavy (non-hydrogen) atoms. The minimum atomic E-state index is 0.270. The Balaban J connectivity index is 2.26. The molecular weight excluding hydrogens is 397 g/mol. The number of nitrogens with one attached hydrogen (secondary N) is 1. The van der Waals surface area contributed by atoms with Gasteiger partial charge >= 0.3 is 0 Å². The van der Waals surface area contributed by atoms with E-state index in [9.17, 15) is 0 Å². The van der Waals surface area contributed by atoms with Gasteiger partial charge in [-0.1, -0.05) is 33.6 Å². The summed E-state index contributed by atoms with van der Waals surface area (Å²) >= 11 is 14.9. The van der Waals surface area contributed by atoms with Gasteiger partial charge in [0.1, 0.15) is 0 Å². The molecule has 0 saturated carbocycles. The van der Waals surface area contributed by atoms with Crippen molar-refractivity contribution < 1.29 is 0 Å². The van der Waals surface area contributed by atoms with Crippen LogP contribution in [0.25, 0.3) is 0 Å². The summed E-state index contributed by atoms with van der Waals surface area (Å²) in [5.74, 6) is 0. The maximum absolute atomic E-state index is 5.98. The standard InChI is InChI=1S/C13H12Br2ClNS/c1-17-12(7-13-10(14)4-5-18-13)9-3-2-8(16)6-11(9)15/h2-6,12,17H,7H2,1H3. The Hall–Kier alpha value is 0.130. The van der Waals surface area contributed by atoms with Crippen LogP contribution in [0.3, 0.4) is 0 Å². The molecule has 1 atom stereocenters. The summed E-state index contributed by atoms with van der Waals surface area (Å²) in [7, 11) is 1.98. The van der Waals surface area contributed by atoms with Gasteiger partial charge < -0.3 is 5.32 Å². The van der Waals surface area contributed by atoms with E-state index in [0.29, 0.717) is 0 Å². The fourth-order valence-electron chi connectivity index (χ4n) is 1.81. The van der Waals surface area contributed by atoms with E-state index in [0.717, 1.165) is 15.9 Å². The minimum absolute atomic E-state index is 0.270. The van der Waals surface area contributed by atoms with E-state index < -0.39 is 0 Å². The first kappa shape index (κ1) is 14.5. The van der Waals surface area contributed by atoms with Gasteiger partial charge in [-0.15, -0.1) is 11.3 Å². The fraction of sp³-hybridized carbons (Fsp3) is 0.231. The SMILES string of the molecule is CNC(Cc1sccc1Br)c1ccc(Cl)cc1Br. The van der Waals surface area contributed by atoms with Crippen molar-refractivity contribution in [2.75, 3.05) is 7.05 Å². The molecule has 1 aromatic carbocycles. The van der Waals surface area contributed by atoms with Gasteiger partial charge in [0.25, 0.3) is 0 Å². The normalized spacial score (nSPS) is 12.7. The van der Waals surface area contributed by atoms with E-state index in [1.54, 1.807) is 11.3 Å². The van der Waals surface area contributed by atoms with E-state index in [4.69, 9.17) is 11.6 Å². The van der Waals surface area contributed by atoms with Crippen molar-refractivity contribution in [1.82, 2.24) is 5.32 Å². The first-order valence-corrected chi connectivity index (χ1v) is 8.30. The molecule has 0 aliphatic rings. The molecule has 0 fully saturated rings. The summed E-state index contributed by atoms with van der Waals surface area (Å²) in [4.78, 5) is 1.34. The van der Waals surface area contributed by atoms with E-state index in [-0.39, 0.29) is 6.04 Å². The third-order valence-corrected chi connectivity index (χ3v) is 5.64. The van der Waals surface area contributed by atoms with Gasteiger partial charge in [0.15, 0.2) is 0 Å². The van der Waals surface area contributed by atoms with Crippen molar-refractivity contribution >= 4 is 54.8 Å². The van der Waals surface area contributed by atoms with Gasteiger partial charge in [-0.2, -0.15) is 0 Å². The van der Waals surface area contributed by atoms with Crippen LogP contribution >= 0.6 is 54.8 Å². The number of hydrogen-bond acceptors (Lipinski definition) is 2. The van der Waals surface area contributed by atoms with Crippen LogP contribution in [0, 0.1) is 0 Å². The van der Waals surface area contributed by atoms with Crippen LogP contribution in [0.1, 0.15) is 16.5 Å². The average molecular weight is 410 g/mol. The molecule has 1 aromatic heterocycles. The Morgan fingerprint density at radius 2 is 2.06 bits per heavy atom. The Morgan fingerprint density at radius 1 is 1.28 bits per heavy atom. The van der Waals surface area contributed by atoms with Crippen LogP contribution in [0.2, 0.25) is 5.02 Å². The van der Waals surface area contributed by atoms with Gasteiger partial charge in [0.05, 0.1) is 0 Å². The predicted molar refractivity (Wildman–Crippen MR) is 86.7 cm³/mol. The lowest BCUT2D eigenvalue weighted by Crippen LogP contribution is -2.19. The molecule has 1 nitrogen and oxygen atoms in total. The number of benzene rings is 1. The van der Waals surface area contributed by atoms with E-state index >= 15 is 0 Å². The summed E-state index contributed by atoms with van der Waals surface area (Å²) in [6.45, 7) is 0. The lowest BCUT2D eigenvalue weighted by Gasteiger charge is -2.18. The van der Waals surface area contributed by atoms with Gasteiger partial charge in [0.2, 0.25) is 0 Å². The quantitative estimate of drug-likeness (QED) is 0.710. The molecule has 1 unspecified atom stereocenters. The molecule has 0 amide bonds. The molecule has 1 heterocycles. The molecule has 0 bridgehead atoms. The highest BCUT2D eigenvalue weighted by Gasteiger charge is 2.15. The van der Waals surface area contributed by atoms with Crippen molar-refractivity contribution in [2.45, 2.75) is 12.5 Å². The molecule has 1 N–H and O–H groups in total. The maximum atomic E-state index is 5.98. The molecule has 96 valence electrons. The lowest BCUT2D eigenvalue weighted by atomic mass is 10.0. The largest absolute Gasteiger partial charge is 0.313 e. The molecular formula is C13H12Br2ClNS.